The fraction of sp³-hybridized carbons (Fsp3) is 0.167. The van der Waals surface area contributed by atoms with Gasteiger partial charge < -0.3 is 5.32 Å². The van der Waals surface area contributed by atoms with Gasteiger partial charge in [0.05, 0.1) is 6.04 Å². The summed E-state index contributed by atoms with van der Waals surface area (Å²) in [6.07, 6.45) is 5.71. The molecule has 1 aliphatic carbocycles. The Morgan fingerprint density at radius 2 is 1.70 bits per heavy atom. The van der Waals surface area contributed by atoms with Gasteiger partial charge in [0.2, 0.25) is 0 Å². The number of hydrogen-bond acceptors (Lipinski definition) is 1. The number of nitrogens with one attached hydrogen (secondary N) is 1. The van der Waals surface area contributed by atoms with Crippen LogP contribution in [-0.4, -0.2) is 0 Å². The van der Waals surface area contributed by atoms with Gasteiger partial charge in [0.1, 0.15) is 0 Å². The SMILES string of the molecule is Clc1ccc([C@@H]2Nc3c(-c4ccccc4)cccc3[C@@H]3C=CC[C@H]32)c(Cl)c1. The monoisotopic (exact) mass is 391 g/mol. The minimum atomic E-state index is 0.159. The van der Waals surface area contributed by atoms with Crippen molar-refractivity contribution in [2.45, 2.75) is 18.4 Å². The molecule has 0 bridgehead atoms. The van der Waals surface area contributed by atoms with Crippen LogP contribution in [0.2, 0.25) is 10.0 Å². The average molecular weight is 392 g/mol. The van der Waals surface area contributed by atoms with Gasteiger partial charge >= 0.3 is 0 Å². The summed E-state index contributed by atoms with van der Waals surface area (Å²) in [5, 5.41) is 5.24. The van der Waals surface area contributed by atoms with Crippen molar-refractivity contribution in [3.63, 3.8) is 0 Å². The van der Waals surface area contributed by atoms with Gasteiger partial charge in [-0.2, -0.15) is 0 Å². The normalized spacial score (nSPS) is 22.8. The van der Waals surface area contributed by atoms with Crippen molar-refractivity contribution in [1.29, 1.82) is 0 Å². The first-order valence-electron chi connectivity index (χ1n) is 9.29. The quantitative estimate of drug-likeness (QED) is 0.446. The van der Waals surface area contributed by atoms with Crippen LogP contribution in [0.1, 0.15) is 29.5 Å². The van der Waals surface area contributed by atoms with Crippen molar-refractivity contribution in [3.8, 4) is 11.1 Å². The summed E-state index contributed by atoms with van der Waals surface area (Å²) in [6, 6.07) is 23.2. The van der Waals surface area contributed by atoms with Crippen LogP contribution in [0.25, 0.3) is 11.1 Å². The largest absolute Gasteiger partial charge is 0.377 e. The molecule has 3 aromatic carbocycles. The molecule has 0 fully saturated rings. The van der Waals surface area contributed by atoms with Gasteiger partial charge in [-0.15, -0.1) is 0 Å². The maximum absolute atomic E-state index is 6.59. The summed E-state index contributed by atoms with van der Waals surface area (Å²) < 4.78 is 0. The van der Waals surface area contributed by atoms with Crippen LogP contribution in [0.5, 0.6) is 0 Å². The number of halogens is 2. The fourth-order valence-electron chi connectivity index (χ4n) is 4.54. The van der Waals surface area contributed by atoms with Gasteiger partial charge in [-0.1, -0.05) is 90.0 Å². The van der Waals surface area contributed by atoms with Crippen LogP contribution >= 0.6 is 23.2 Å². The summed E-state index contributed by atoms with van der Waals surface area (Å²) >= 11 is 12.7. The predicted molar refractivity (Wildman–Crippen MR) is 115 cm³/mol. The fourth-order valence-corrected chi connectivity index (χ4v) is 5.07. The smallest absolute Gasteiger partial charge is 0.0568 e. The second kappa shape index (κ2) is 6.74. The Hall–Kier alpha value is -2.22. The van der Waals surface area contributed by atoms with E-state index in [-0.39, 0.29) is 6.04 Å². The molecule has 0 unspecified atom stereocenters. The maximum Gasteiger partial charge on any atom is 0.0568 e. The number of hydrogen-bond donors (Lipinski definition) is 1. The van der Waals surface area contributed by atoms with E-state index in [9.17, 15) is 0 Å². The van der Waals surface area contributed by atoms with E-state index < -0.39 is 0 Å². The van der Waals surface area contributed by atoms with E-state index in [1.807, 2.05) is 12.1 Å². The molecule has 0 saturated carbocycles. The molecule has 1 nitrogen and oxygen atoms in total. The van der Waals surface area contributed by atoms with Crippen molar-refractivity contribution in [2.24, 2.45) is 5.92 Å². The van der Waals surface area contributed by atoms with Crippen LogP contribution in [-0.2, 0) is 0 Å². The Morgan fingerprint density at radius 3 is 2.52 bits per heavy atom. The number of rotatable bonds is 2. The van der Waals surface area contributed by atoms with Crippen molar-refractivity contribution in [1.82, 2.24) is 0 Å². The molecule has 0 spiro atoms. The van der Waals surface area contributed by atoms with Gasteiger partial charge in [0.25, 0.3) is 0 Å². The van der Waals surface area contributed by atoms with Gasteiger partial charge in [0, 0.05) is 27.2 Å². The molecule has 3 aromatic rings. The highest BCUT2D eigenvalue weighted by Crippen LogP contribution is 2.53. The molecule has 0 aromatic heterocycles. The number of fused-ring (bicyclic) bond motifs is 3. The Kier molecular flexibility index (Phi) is 4.22. The Labute approximate surface area is 169 Å². The zero-order valence-electron chi connectivity index (χ0n) is 14.7. The zero-order valence-corrected chi connectivity index (χ0v) is 16.2. The molecule has 0 saturated heterocycles. The second-order valence-corrected chi connectivity index (χ2v) is 8.12. The molecule has 134 valence electrons. The summed E-state index contributed by atoms with van der Waals surface area (Å²) in [5.74, 6) is 0.865. The van der Waals surface area contributed by atoms with Gasteiger partial charge in [-0.3, -0.25) is 0 Å². The number of anilines is 1. The minimum absolute atomic E-state index is 0.159. The molecule has 27 heavy (non-hydrogen) atoms. The molecule has 1 N–H and O–H groups in total. The summed E-state index contributed by atoms with van der Waals surface area (Å²) in [5.41, 5.74) is 6.17. The standard InChI is InChI=1S/C24H19Cl2N/c25-16-12-13-21(22(26)14-16)24-20-11-5-9-18(20)19-10-4-8-17(23(19)27-24)15-6-2-1-3-7-15/h1-10,12-14,18,20,24,27H,11H2/t18-,20+,24+/m0/s1. The third-order valence-electron chi connectivity index (χ3n) is 5.78. The van der Waals surface area contributed by atoms with Gasteiger partial charge in [-0.25, -0.2) is 0 Å². The number of para-hydroxylation sites is 1. The molecule has 1 aliphatic heterocycles. The highest BCUT2D eigenvalue weighted by molar-refractivity contribution is 6.35. The first-order valence-corrected chi connectivity index (χ1v) is 10.0. The lowest BCUT2D eigenvalue weighted by Gasteiger charge is -2.39. The van der Waals surface area contributed by atoms with Crippen LogP contribution < -0.4 is 5.32 Å². The van der Waals surface area contributed by atoms with E-state index in [0.29, 0.717) is 16.9 Å². The highest BCUT2D eigenvalue weighted by Gasteiger charge is 2.39. The number of allylic oxidation sites excluding steroid dienone is 2. The second-order valence-electron chi connectivity index (χ2n) is 7.28. The van der Waals surface area contributed by atoms with Gasteiger partial charge in [0.15, 0.2) is 0 Å². The van der Waals surface area contributed by atoms with E-state index in [1.165, 1.54) is 22.4 Å². The summed E-state index contributed by atoms with van der Waals surface area (Å²) in [7, 11) is 0. The Bertz CT molecular complexity index is 1030. The Balaban J connectivity index is 1.66. The van der Waals surface area contributed by atoms with E-state index in [4.69, 9.17) is 23.2 Å². The van der Waals surface area contributed by atoms with E-state index in [0.717, 1.165) is 17.0 Å². The van der Waals surface area contributed by atoms with Gasteiger partial charge in [-0.05, 0) is 41.2 Å². The molecule has 3 heteroatoms. The molecular weight excluding hydrogens is 373 g/mol. The average Bonchev–Trinajstić information content (AvgIpc) is 3.18. The lowest BCUT2D eigenvalue weighted by Crippen LogP contribution is -2.29. The topological polar surface area (TPSA) is 12.0 Å². The molecule has 0 radical (unpaired) electrons. The summed E-state index contributed by atoms with van der Waals surface area (Å²) in [4.78, 5) is 0. The Morgan fingerprint density at radius 1 is 0.852 bits per heavy atom. The molecule has 3 atom stereocenters. The van der Waals surface area contributed by atoms with Crippen molar-refractivity contribution in [2.75, 3.05) is 5.32 Å². The highest BCUT2D eigenvalue weighted by atomic mass is 35.5. The van der Waals surface area contributed by atoms with Crippen molar-refractivity contribution < 1.29 is 0 Å². The molecule has 1 heterocycles. The molecule has 0 amide bonds. The number of benzene rings is 3. The molecule has 5 rings (SSSR count). The molecular formula is C24H19Cl2N. The third-order valence-corrected chi connectivity index (χ3v) is 6.34. The van der Waals surface area contributed by atoms with Crippen LogP contribution in [0.15, 0.2) is 78.9 Å². The van der Waals surface area contributed by atoms with Crippen molar-refractivity contribution in [3.05, 3.63) is 100 Å². The lowest BCUT2D eigenvalue weighted by atomic mass is 9.76. The predicted octanol–water partition coefficient (Wildman–Crippen LogP) is 7.49. The van der Waals surface area contributed by atoms with E-state index in [1.54, 1.807) is 0 Å². The van der Waals surface area contributed by atoms with Crippen LogP contribution in [0.4, 0.5) is 5.69 Å². The third kappa shape index (κ3) is 2.86. The summed E-state index contributed by atoms with van der Waals surface area (Å²) in [6.45, 7) is 0. The molecule has 2 aliphatic rings. The van der Waals surface area contributed by atoms with E-state index >= 15 is 0 Å². The lowest BCUT2D eigenvalue weighted by molar-refractivity contribution is 0.426. The van der Waals surface area contributed by atoms with Crippen molar-refractivity contribution >= 4 is 28.9 Å². The first kappa shape index (κ1) is 16.9. The minimum Gasteiger partial charge on any atom is -0.377 e. The van der Waals surface area contributed by atoms with E-state index in [2.05, 4.69) is 72.1 Å². The first-order chi connectivity index (χ1) is 13.2. The maximum atomic E-state index is 6.59. The zero-order chi connectivity index (χ0) is 18.4. The van der Waals surface area contributed by atoms with Crippen LogP contribution in [0, 0.1) is 5.92 Å². The van der Waals surface area contributed by atoms with Crippen LogP contribution in [0.3, 0.4) is 0 Å².